The Bertz CT molecular complexity index is 1350. The molecule has 12 heteroatoms. The largest absolute Gasteiger partial charge is 0.497 e. The molecule has 0 saturated carbocycles. The lowest BCUT2D eigenvalue weighted by Gasteiger charge is -2.15. The molecule has 0 aliphatic rings. The van der Waals surface area contributed by atoms with Crippen molar-refractivity contribution in [3.05, 3.63) is 74.2 Å². The van der Waals surface area contributed by atoms with Gasteiger partial charge in [-0.05, 0) is 64.8 Å². The third kappa shape index (κ3) is 7.77. The lowest BCUT2D eigenvalue weighted by Crippen LogP contribution is -2.32. The van der Waals surface area contributed by atoms with Gasteiger partial charge in [-0.1, -0.05) is 29.3 Å². The Labute approximate surface area is 238 Å². The standard InChI is InChI=1S/C26H24BrCl2N3O6/c1-4-37-23-10-15(9-19(27)24(23)38-14-16-5-6-17(28)11-20(16)29)13-30-32-26(34)25(33)31-21-8-7-18(35-2)12-22(21)36-3/h5-13H,4,14H2,1-3H3,(H,31,33)(H,32,34)/b30-13+. The summed E-state index contributed by atoms with van der Waals surface area (Å²) < 4.78 is 22.6. The minimum Gasteiger partial charge on any atom is -0.497 e. The highest BCUT2D eigenvalue weighted by atomic mass is 79.9. The van der Waals surface area contributed by atoms with Gasteiger partial charge in [0, 0.05) is 21.7 Å². The first-order valence-corrected chi connectivity index (χ1v) is 12.7. The molecule has 9 nitrogen and oxygen atoms in total. The molecule has 2 N–H and O–H groups in total. The van der Waals surface area contributed by atoms with Crippen molar-refractivity contribution in [1.82, 2.24) is 5.43 Å². The van der Waals surface area contributed by atoms with Crippen LogP contribution in [-0.2, 0) is 16.2 Å². The molecule has 0 aliphatic heterocycles. The molecule has 0 aromatic heterocycles. The summed E-state index contributed by atoms with van der Waals surface area (Å²) in [6, 6.07) is 13.3. The molecule has 0 atom stereocenters. The Balaban J connectivity index is 1.67. The van der Waals surface area contributed by atoms with E-state index in [2.05, 4.69) is 31.8 Å². The molecule has 0 bridgehead atoms. The fraction of sp³-hybridized carbons (Fsp3) is 0.192. The molecule has 0 aliphatic carbocycles. The maximum atomic E-state index is 12.3. The van der Waals surface area contributed by atoms with Crippen LogP contribution in [0.25, 0.3) is 0 Å². The zero-order valence-electron chi connectivity index (χ0n) is 20.6. The number of hydrogen-bond acceptors (Lipinski definition) is 7. The Morgan fingerprint density at radius 1 is 0.974 bits per heavy atom. The summed E-state index contributed by atoms with van der Waals surface area (Å²) in [7, 11) is 2.94. The van der Waals surface area contributed by atoms with Gasteiger partial charge in [-0.2, -0.15) is 5.10 Å². The van der Waals surface area contributed by atoms with Crippen LogP contribution in [0.4, 0.5) is 5.69 Å². The monoisotopic (exact) mass is 623 g/mol. The topological polar surface area (TPSA) is 107 Å². The van der Waals surface area contributed by atoms with Gasteiger partial charge in [0.25, 0.3) is 0 Å². The second-order valence-electron chi connectivity index (χ2n) is 7.51. The van der Waals surface area contributed by atoms with Crippen molar-refractivity contribution in [2.24, 2.45) is 5.10 Å². The molecule has 0 saturated heterocycles. The van der Waals surface area contributed by atoms with Gasteiger partial charge >= 0.3 is 11.8 Å². The van der Waals surface area contributed by atoms with Gasteiger partial charge in [0.2, 0.25) is 0 Å². The summed E-state index contributed by atoms with van der Waals surface area (Å²) in [5.74, 6) is -0.106. The Morgan fingerprint density at radius 3 is 2.45 bits per heavy atom. The first-order valence-electron chi connectivity index (χ1n) is 11.1. The predicted molar refractivity (Wildman–Crippen MR) is 150 cm³/mol. The zero-order chi connectivity index (χ0) is 27.7. The second-order valence-corrected chi connectivity index (χ2v) is 9.20. The average molecular weight is 625 g/mol. The summed E-state index contributed by atoms with van der Waals surface area (Å²) in [6.07, 6.45) is 1.37. The highest BCUT2D eigenvalue weighted by Gasteiger charge is 2.17. The average Bonchev–Trinajstić information content (AvgIpc) is 2.89. The maximum Gasteiger partial charge on any atom is 0.329 e. The van der Waals surface area contributed by atoms with Crippen LogP contribution >= 0.6 is 39.1 Å². The van der Waals surface area contributed by atoms with E-state index in [4.69, 9.17) is 42.1 Å². The van der Waals surface area contributed by atoms with Gasteiger partial charge < -0.3 is 24.3 Å². The minimum absolute atomic E-state index is 0.187. The van der Waals surface area contributed by atoms with E-state index in [-0.39, 0.29) is 6.61 Å². The molecule has 3 aromatic carbocycles. The van der Waals surface area contributed by atoms with Gasteiger partial charge in [-0.25, -0.2) is 5.43 Å². The van der Waals surface area contributed by atoms with E-state index in [0.29, 0.717) is 55.4 Å². The molecule has 0 radical (unpaired) electrons. The van der Waals surface area contributed by atoms with Crippen molar-refractivity contribution in [3.8, 4) is 23.0 Å². The van der Waals surface area contributed by atoms with Crippen LogP contribution in [0.1, 0.15) is 18.1 Å². The van der Waals surface area contributed by atoms with Crippen molar-refractivity contribution in [2.75, 3.05) is 26.1 Å². The fourth-order valence-electron chi connectivity index (χ4n) is 3.15. The van der Waals surface area contributed by atoms with Crippen LogP contribution in [0.3, 0.4) is 0 Å². The number of methoxy groups -OCH3 is 2. The number of nitrogens with zero attached hydrogens (tertiary/aromatic N) is 1. The molecule has 2 amide bonds. The number of hydrogen-bond donors (Lipinski definition) is 2. The first kappa shape index (κ1) is 29.1. The van der Waals surface area contributed by atoms with Crippen molar-refractivity contribution >= 4 is 62.8 Å². The number of carbonyl (C=O) groups is 2. The smallest absolute Gasteiger partial charge is 0.329 e. The van der Waals surface area contributed by atoms with Crippen molar-refractivity contribution < 1.29 is 28.5 Å². The zero-order valence-corrected chi connectivity index (χ0v) is 23.7. The minimum atomic E-state index is -0.969. The molecule has 200 valence electrons. The van der Waals surface area contributed by atoms with Gasteiger partial charge in [0.15, 0.2) is 11.5 Å². The Morgan fingerprint density at radius 2 is 1.76 bits per heavy atom. The molecule has 0 spiro atoms. The van der Waals surface area contributed by atoms with Crippen LogP contribution in [0.15, 0.2) is 58.1 Å². The number of ether oxygens (including phenoxy) is 4. The third-order valence-corrected chi connectivity index (χ3v) is 6.14. The highest BCUT2D eigenvalue weighted by Crippen LogP contribution is 2.37. The molecular weight excluding hydrogens is 601 g/mol. The number of benzene rings is 3. The SMILES string of the molecule is CCOc1cc(/C=N/NC(=O)C(=O)Nc2ccc(OC)cc2OC)cc(Br)c1OCc1ccc(Cl)cc1Cl. The molecule has 0 unspecified atom stereocenters. The predicted octanol–water partition coefficient (Wildman–Crippen LogP) is 5.84. The second kappa shape index (κ2) is 13.9. The van der Waals surface area contributed by atoms with E-state index < -0.39 is 11.8 Å². The highest BCUT2D eigenvalue weighted by molar-refractivity contribution is 9.10. The number of rotatable bonds is 10. The van der Waals surface area contributed by atoms with Crippen molar-refractivity contribution in [1.29, 1.82) is 0 Å². The molecule has 3 rings (SSSR count). The van der Waals surface area contributed by atoms with Gasteiger partial charge in [0.05, 0.1) is 37.2 Å². The number of amides is 2. The summed E-state index contributed by atoms with van der Waals surface area (Å²) >= 11 is 15.7. The quantitative estimate of drug-likeness (QED) is 0.167. The van der Waals surface area contributed by atoms with Crippen molar-refractivity contribution in [3.63, 3.8) is 0 Å². The van der Waals surface area contributed by atoms with E-state index >= 15 is 0 Å². The Kier molecular flexibility index (Phi) is 10.6. The first-order chi connectivity index (χ1) is 18.2. The number of hydrazone groups is 1. The summed E-state index contributed by atoms with van der Waals surface area (Å²) in [5.41, 5.74) is 3.83. The van der Waals surface area contributed by atoms with Gasteiger partial charge in [-0.3, -0.25) is 9.59 Å². The van der Waals surface area contributed by atoms with Crippen LogP contribution in [0.2, 0.25) is 10.0 Å². The third-order valence-electron chi connectivity index (χ3n) is 4.96. The summed E-state index contributed by atoms with van der Waals surface area (Å²) in [5, 5.41) is 7.37. The van der Waals surface area contributed by atoms with E-state index in [1.165, 1.54) is 20.4 Å². The van der Waals surface area contributed by atoms with E-state index in [1.807, 2.05) is 6.92 Å². The van der Waals surface area contributed by atoms with E-state index in [9.17, 15) is 9.59 Å². The fourth-order valence-corrected chi connectivity index (χ4v) is 4.19. The molecular formula is C26H24BrCl2N3O6. The van der Waals surface area contributed by atoms with Crippen LogP contribution in [-0.4, -0.2) is 38.9 Å². The number of anilines is 1. The lowest BCUT2D eigenvalue weighted by atomic mass is 10.2. The molecule has 0 fully saturated rings. The van der Waals surface area contributed by atoms with E-state index in [0.717, 1.165) is 5.56 Å². The lowest BCUT2D eigenvalue weighted by molar-refractivity contribution is -0.136. The van der Waals surface area contributed by atoms with Crippen molar-refractivity contribution in [2.45, 2.75) is 13.5 Å². The van der Waals surface area contributed by atoms with Gasteiger partial charge in [-0.15, -0.1) is 0 Å². The number of nitrogens with one attached hydrogen (secondary N) is 2. The molecule has 0 heterocycles. The molecule has 38 heavy (non-hydrogen) atoms. The van der Waals surface area contributed by atoms with E-state index in [1.54, 1.807) is 48.5 Å². The number of carbonyl (C=O) groups excluding carboxylic acids is 2. The summed E-state index contributed by atoms with van der Waals surface area (Å²) in [4.78, 5) is 24.5. The normalized spacial score (nSPS) is 10.7. The maximum absolute atomic E-state index is 12.3. The molecule has 3 aromatic rings. The Hall–Kier alpha value is -3.47. The van der Waals surface area contributed by atoms with Crippen LogP contribution < -0.4 is 29.7 Å². The number of halogens is 3. The van der Waals surface area contributed by atoms with Crippen LogP contribution in [0.5, 0.6) is 23.0 Å². The summed E-state index contributed by atoms with van der Waals surface area (Å²) in [6.45, 7) is 2.41. The van der Waals surface area contributed by atoms with Crippen LogP contribution in [0, 0.1) is 0 Å². The van der Waals surface area contributed by atoms with Gasteiger partial charge in [0.1, 0.15) is 18.1 Å².